The fourth-order valence-corrected chi connectivity index (χ4v) is 1.79. The summed E-state index contributed by atoms with van der Waals surface area (Å²) in [5, 5.41) is 12.9. The summed E-state index contributed by atoms with van der Waals surface area (Å²) in [6, 6.07) is 2.11. The van der Waals surface area contributed by atoms with Gasteiger partial charge in [0.25, 0.3) is 0 Å². The zero-order valence-corrected chi connectivity index (χ0v) is 9.50. The molecule has 0 saturated carbocycles. The van der Waals surface area contributed by atoms with Crippen LogP contribution in [0.4, 0.5) is 0 Å². The summed E-state index contributed by atoms with van der Waals surface area (Å²) < 4.78 is 0. The Balaban J connectivity index is 2.32. The van der Waals surface area contributed by atoms with Crippen molar-refractivity contribution in [1.29, 1.82) is 5.26 Å². The average Bonchev–Trinajstić information content (AvgIpc) is 2.31. The monoisotopic (exact) mass is 222 g/mol. The molecule has 1 heterocycles. The molecule has 80 valence electrons. The smallest absolute Gasteiger partial charge is 0.114 e. The van der Waals surface area contributed by atoms with E-state index in [0.29, 0.717) is 5.75 Å². The van der Waals surface area contributed by atoms with Gasteiger partial charge in [-0.25, -0.2) is 4.98 Å². The van der Waals surface area contributed by atoms with Gasteiger partial charge in [0.2, 0.25) is 0 Å². The van der Waals surface area contributed by atoms with Gasteiger partial charge in [0.15, 0.2) is 0 Å². The Hall–Kier alpha value is -1.12. The summed E-state index contributed by atoms with van der Waals surface area (Å²) in [5.74, 6) is 0.704. The van der Waals surface area contributed by atoms with Crippen molar-refractivity contribution in [2.45, 2.75) is 24.4 Å². The van der Waals surface area contributed by atoms with Crippen LogP contribution in [0.15, 0.2) is 23.6 Å². The first-order valence-electron chi connectivity index (χ1n) is 4.88. The van der Waals surface area contributed by atoms with Crippen molar-refractivity contribution in [2.24, 2.45) is 0 Å². The molecule has 1 aromatic rings. The first-order chi connectivity index (χ1) is 7.36. The first kappa shape index (κ1) is 12.0. The second-order valence-electron chi connectivity index (χ2n) is 2.99. The number of thioether (sulfide) groups is 1. The van der Waals surface area contributed by atoms with Gasteiger partial charge in [-0.1, -0.05) is 6.92 Å². The van der Waals surface area contributed by atoms with Crippen molar-refractivity contribution in [3.8, 4) is 6.07 Å². The third-order valence-corrected chi connectivity index (χ3v) is 2.74. The van der Waals surface area contributed by atoms with Gasteiger partial charge in [0, 0.05) is 18.1 Å². The topological polar surface area (TPSA) is 61.6 Å². The van der Waals surface area contributed by atoms with E-state index < -0.39 is 0 Å². The summed E-state index contributed by atoms with van der Waals surface area (Å²) in [4.78, 5) is 8.09. The van der Waals surface area contributed by atoms with Gasteiger partial charge in [0.05, 0.1) is 12.3 Å². The molecule has 0 bridgehead atoms. The van der Waals surface area contributed by atoms with Gasteiger partial charge in [0.1, 0.15) is 11.1 Å². The Bertz CT molecular complexity index is 309. The molecule has 1 aromatic heterocycles. The van der Waals surface area contributed by atoms with Gasteiger partial charge in [-0.2, -0.15) is 5.26 Å². The average molecular weight is 222 g/mol. The summed E-state index contributed by atoms with van der Waals surface area (Å²) in [7, 11) is 0. The zero-order valence-electron chi connectivity index (χ0n) is 8.68. The maximum absolute atomic E-state index is 8.87. The number of rotatable bonds is 6. The van der Waals surface area contributed by atoms with Crippen molar-refractivity contribution >= 4 is 11.8 Å². The lowest BCUT2D eigenvalue weighted by molar-refractivity contribution is 0.637. The highest BCUT2D eigenvalue weighted by Gasteiger charge is 2.06. The Morgan fingerprint density at radius 1 is 1.60 bits per heavy atom. The summed E-state index contributed by atoms with van der Waals surface area (Å²) >= 11 is 1.54. The Kier molecular flexibility index (Phi) is 5.74. The van der Waals surface area contributed by atoms with Crippen molar-refractivity contribution in [1.82, 2.24) is 15.3 Å². The predicted octanol–water partition coefficient (Wildman–Crippen LogP) is 1.46. The van der Waals surface area contributed by atoms with Crippen LogP contribution >= 0.6 is 11.8 Å². The molecule has 1 rings (SSSR count). The van der Waals surface area contributed by atoms with E-state index in [4.69, 9.17) is 5.26 Å². The Morgan fingerprint density at radius 2 is 2.47 bits per heavy atom. The molecule has 0 aromatic carbocycles. The number of hydrogen-bond acceptors (Lipinski definition) is 5. The lowest BCUT2D eigenvalue weighted by atomic mass is 10.3. The number of nitrogens with one attached hydrogen (secondary N) is 1. The highest BCUT2D eigenvalue weighted by atomic mass is 32.2. The Morgan fingerprint density at radius 3 is 3.07 bits per heavy atom. The van der Waals surface area contributed by atoms with Crippen LogP contribution in [0.2, 0.25) is 0 Å². The van der Waals surface area contributed by atoms with E-state index in [1.165, 1.54) is 0 Å². The fourth-order valence-electron chi connectivity index (χ4n) is 0.989. The minimum Gasteiger partial charge on any atom is -0.301 e. The molecule has 0 fully saturated rings. The van der Waals surface area contributed by atoms with Gasteiger partial charge in [-0.15, -0.1) is 11.8 Å². The normalized spacial score (nSPS) is 12.0. The van der Waals surface area contributed by atoms with Crippen LogP contribution in [0, 0.1) is 11.3 Å². The molecule has 0 aliphatic rings. The fraction of sp³-hybridized carbons (Fsp3) is 0.500. The molecular formula is C10H14N4S. The second-order valence-corrected chi connectivity index (χ2v) is 4.03. The lowest BCUT2D eigenvalue weighted by Gasteiger charge is -2.09. The molecule has 15 heavy (non-hydrogen) atoms. The van der Waals surface area contributed by atoms with E-state index in [-0.39, 0.29) is 6.04 Å². The molecule has 0 amide bonds. The van der Waals surface area contributed by atoms with Gasteiger partial charge in [-0.3, -0.25) is 4.98 Å². The van der Waals surface area contributed by atoms with Crippen LogP contribution in [-0.2, 0) is 0 Å². The molecular weight excluding hydrogens is 208 g/mol. The largest absolute Gasteiger partial charge is 0.301 e. The van der Waals surface area contributed by atoms with E-state index in [2.05, 4.69) is 28.3 Å². The SMILES string of the molecule is CCCNC(C#N)CSc1cnccn1. The lowest BCUT2D eigenvalue weighted by Crippen LogP contribution is -2.30. The molecule has 0 radical (unpaired) electrons. The van der Waals surface area contributed by atoms with Crippen LogP contribution in [0.1, 0.15) is 13.3 Å². The summed E-state index contributed by atoms with van der Waals surface area (Å²) in [5.41, 5.74) is 0. The standard InChI is InChI=1S/C10H14N4S/c1-2-3-13-9(6-11)8-15-10-7-12-4-5-14-10/h4-5,7,9,13H,2-3,8H2,1H3. The molecule has 0 aliphatic heterocycles. The zero-order chi connectivity index (χ0) is 10.9. The molecule has 0 saturated heterocycles. The quantitative estimate of drug-likeness (QED) is 0.738. The molecule has 1 N–H and O–H groups in total. The number of nitrogens with zero attached hydrogens (tertiary/aromatic N) is 3. The molecule has 5 heteroatoms. The maximum atomic E-state index is 8.87. The predicted molar refractivity (Wildman–Crippen MR) is 60.5 cm³/mol. The first-order valence-corrected chi connectivity index (χ1v) is 5.87. The van der Waals surface area contributed by atoms with Gasteiger partial charge in [-0.05, 0) is 13.0 Å². The van der Waals surface area contributed by atoms with E-state index in [1.807, 2.05) is 0 Å². The highest BCUT2D eigenvalue weighted by Crippen LogP contribution is 2.13. The van der Waals surface area contributed by atoms with Crippen molar-refractivity contribution in [3.63, 3.8) is 0 Å². The number of nitriles is 1. The van der Waals surface area contributed by atoms with E-state index in [9.17, 15) is 0 Å². The molecule has 4 nitrogen and oxygen atoms in total. The third-order valence-electron chi connectivity index (χ3n) is 1.73. The summed E-state index contributed by atoms with van der Waals surface area (Å²) in [6.45, 7) is 2.95. The minimum atomic E-state index is -0.114. The molecule has 1 unspecified atom stereocenters. The van der Waals surface area contributed by atoms with Crippen LogP contribution in [0.5, 0.6) is 0 Å². The van der Waals surface area contributed by atoms with Crippen LogP contribution in [-0.4, -0.2) is 28.3 Å². The van der Waals surface area contributed by atoms with Crippen LogP contribution in [0.3, 0.4) is 0 Å². The minimum absolute atomic E-state index is 0.114. The summed E-state index contributed by atoms with van der Waals surface area (Å²) in [6.07, 6.45) is 6.04. The van der Waals surface area contributed by atoms with Crippen molar-refractivity contribution in [2.75, 3.05) is 12.3 Å². The number of hydrogen-bond donors (Lipinski definition) is 1. The molecule has 0 spiro atoms. The van der Waals surface area contributed by atoms with Crippen molar-refractivity contribution in [3.05, 3.63) is 18.6 Å². The third kappa shape index (κ3) is 4.77. The van der Waals surface area contributed by atoms with Crippen molar-refractivity contribution < 1.29 is 0 Å². The van der Waals surface area contributed by atoms with Crippen LogP contribution < -0.4 is 5.32 Å². The van der Waals surface area contributed by atoms with Crippen LogP contribution in [0.25, 0.3) is 0 Å². The van der Waals surface area contributed by atoms with Gasteiger partial charge >= 0.3 is 0 Å². The molecule has 1 atom stereocenters. The second kappa shape index (κ2) is 7.21. The molecule has 0 aliphatic carbocycles. The van der Waals surface area contributed by atoms with Gasteiger partial charge < -0.3 is 5.32 Å². The maximum Gasteiger partial charge on any atom is 0.114 e. The number of aromatic nitrogens is 2. The van der Waals surface area contributed by atoms with E-state index in [0.717, 1.165) is 18.0 Å². The highest BCUT2D eigenvalue weighted by molar-refractivity contribution is 7.99. The Labute approximate surface area is 94.1 Å². The van der Waals surface area contributed by atoms with E-state index >= 15 is 0 Å². The van der Waals surface area contributed by atoms with E-state index in [1.54, 1.807) is 30.4 Å².